The van der Waals surface area contributed by atoms with E-state index in [4.69, 9.17) is 10.2 Å². The summed E-state index contributed by atoms with van der Waals surface area (Å²) in [6.45, 7) is 0.0909. The minimum atomic E-state index is -0.509. The molecule has 4 nitrogen and oxygen atoms in total. The quantitative estimate of drug-likeness (QED) is 0.442. The molecule has 4 aromatic rings. The van der Waals surface area contributed by atoms with Crippen LogP contribution in [0.4, 0.5) is 10.1 Å². The predicted molar refractivity (Wildman–Crippen MR) is 115 cm³/mol. The van der Waals surface area contributed by atoms with E-state index in [0.717, 1.165) is 5.56 Å². The fourth-order valence-corrected chi connectivity index (χ4v) is 3.42. The number of fused-ring (bicyclic) bond motifs is 1. The molecule has 0 unspecified atom stereocenters. The molecule has 0 aliphatic carbocycles. The van der Waals surface area contributed by atoms with Crippen molar-refractivity contribution < 1.29 is 9.18 Å². The van der Waals surface area contributed by atoms with Crippen LogP contribution in [0.1, 0.15) is 16.8 Å². The van der Waals surface area contributed by atoms with Crippen LogP contribution in [-0.2, 0) is 0 Å². The van der Waals surface area contributed by atoms with Gasteiger partial charge in [0.1, 0.15) is 5.82 Å². The summed E-state index contributed by atoms with van der Waals surface area (Å²) in [6.07, 6.45) is 0.0919. The molecular weight excluding hydrogens is 377 g/mol. The summed E-state index contributed by atoms with van der Waals surface area (Å²) in [6, 6.07) is 26.8. The van der Waals surface area contributed by atoms with Gasteiger partial charge in [-0.1, -0.05) is 60.7 Å². The summed E-state index contributed by atoms with van der Waals surface area (Å²) >= 11 is 0. The number of nitrogens with zero attached hydrogens (tertiary/aromatic N) is 3. The highest BCUT2D eigenvalue weighted by Gasteiger charge is 2.23. The smallest absolute Gasteiger partial charge is 0.259 e. The largest absolute Gasteiger partial charge is 0.304 e. The molecule has 0 radical (unpaired) electrons. The number of anilines is 1. The first-order valence-corrected chi connectivity index (χ1v) is 9.57. The Balaban J connectivity index is 1.88. The van der Waals surface area contributed by atoms with Crippen LogP contribution in [0.3, 0.4) is 0 Å². The normalized spacial score (nSPS) is 10.5. The number of amides is 1. The third kappa shape index (κ3) is 3.76. The van der Waals surface area contributed by atoms with E-state index >= 15 is 0 Å². The molecular formula is C25H18FN3O. The van der Waals surface area contributed by atoms with Gasteiger partial charge in [0.2, 0.25) is 0 Å². The number of carbonyl (C=O) groups excluding carboxylic acids is 1. The number of benzene rings is 3. The van der Waals surface area contributed by atoms with Gasteiger partial charge in [-0.3, -0.25) is 4.79 Å². The Labute approximate surface area is 173 Å². The number of para-hydroxylation sites is 2. The Bertz CT molecular complexity index is 1250. The molecule has 1 aromatic heterocycles. The number of rotatable bonds is 5. The van der Waals surface area contributed by atoms with Gasteiger partial charge in [-0.15, -0.1) is 0 Å². The van der Waals surface area contributed by atoms with E-state index in [1.807, 2.05) is 60.7 Å². The first kappa shape index (κ1) is 19.3. The lowest BCUT2D eigenvalue weighted by molar-refractivity contribution is 0.0988. The zero-order valence-electron chi connectivity index (χ0n) is 16.1. The minimum absolute atomic E-state index is 0.0909. The van der Waals surface area contributed by atoms with Gasteiger partial charge < -0.3 is 4.90 Å². The molecule has 0 saturated carbocycles. The minimum Gasteiger partial charge on any atom is -0.304 e. The van der Waals surface area contributed by atoms with E-state index in [9.17, 15) is 9.18 Å². The highest BCUT2D eigenvalue weighted by Crippen LogP contribution is 2.28. The third-order valence-electron chi connectivity index (χ3n) is 4.85. The fraction of sp³-hybridized carbons (Fsp3) is 0.0800. The van der Waals surface area contributed by atoms with Crippen LogP contribution in [-0.4, -0.2) is 17.4 Å². The van der Waals surface area contributed by atoms with Gasteiger partial charge in [0.05, 0.1) is 35.0 Å². The zero-order chi connectivity index (χ0) is 20.9. The molecule has 1 amide bonds. The fourth-order valence-electron chi connectivity index (χ4n) is 3.42. The average Bonchev–Trinajstić information content (AvgIpc) is 2.80. The molecule has 0 spiro atoms. The molecule has 30 heavy (non-hydrogen) atoms. The first-order chi connectivity index (χ1) is 14.7. The van der Waals surface area contributed by atoms with Crippen molar-refractivity contribution in [2.24, 2.45) is 0 Å². The van der Waals surface area contributed by atoms with Gasteiger partial charge in [0, 0.05) is 17.5 Å². The Hall–Kier alpha value is -4.04. The van der Waals surface area contributed by atoms with E-state index < -0.39 is 5.82 Å². The van der Waals surface area contributed by atoms with Crippen LogP contribution < -0.4 is 4.90 Å². The third-order valence-corrected chi connectivity index (χ3v) is 4.85. The molecule has 4 rings (SSSR count). The maximum atomic E-state index is 14.5. The van der Waals surface area contributed by atoms with Gasteiger partial charge in [-0.25, -0.2) is 9.37 Å². The van der Waals surface area contributed by atoms with E-state index in [1.165, 1.54) is 11.0 Å². The molecule has 0 N–H and O–H groups in total. The standard InChI is InChI=1S/C25H18FN3O/c26-21-12-5-7-14-24(21)29(16-8-15-27)25(30)20-17-23(18-9-2-1-3-10-18)28-22-13-6-4-11-19(20)22/h1-7,9-14,17H,8,16H2. The van der Waals surface area contributed by atoms with Crippen LogP contribution >= 0.6 is 0 Å². The van der Waals surface area contributed by atoms with Crippen LogP contribution in [0, 0.1) is 17.1 Å². The number of pyridine rings is 1. The van der Waals surface area contributed by atoms with Crippen LogP contribution in [0.25, 0.3) is 22.2 Å². The van der Waals surface area contributed by atoms with Crippen molar-refractivity contribution in [2.75, 3.05) is 11.4 Å². The molecule has 0 bridgehead atoms. The topological polar surface area (TPSA) is 57.0 Å². The molecule has 0 saturated heterocycles. The van der Waals surface area contributed by atoms with E-state index in [1.54, 1.807) is 24.3 Å². The molecule has 5 heteroatoms. The second kappa shape index (κ2) is 8.54. The van der Waals surface area contributed by atoms with Gasteiger partial charge in [0.15, 0.2) is 0 Å². The number of aromatic nitrogens is 1. The Morgan fingerprint density at radius 2 is 1.67 bits per heavy atom. The molecule has 0 atom stereocenters. The van der Waals surface area contributed by atoms with Crippen molar-refractivity contribution in [1.29, 1.82) is 5.26 Å². The maximum Gasteiger partial charge on any atom is 0.259 e. The molecule has 1 heterocycles. The summed E-state index contributed by atoms with van der Waals surface area (Å²) < 4.78 is 14.5. The second-order valence-corrected chi connectivity index (χ2v) is 6.75. The Morgan fingerprint density at radius 3 is 2.43 bits per heavy atom. The van der Waals surface area contributed by atoms with Crippen molar-refractivity contribution in [3.8, 4) is 17.3 Å². The van der Waals surface area contributed by atoms with Crippen LogP contribution in [0.5, 0.6) is 0 Å². The average molecular weight is 395 g/mol. The SMILES string of the molecule is N#CCCN(C(=O)c1cc(-c2ccccc2)nc2ccccc12)c1ccccc1F. The molecule has 146 valence electrons. The maximum absolute atomic E-state index is 14.5. The summed E-state index contributed by atoms with van der Waals surface area (Å²) in [5.74, 6) is -0.878. The molecule has 3 aromatic carbocycles. The van der Waals surface area contributed by atoms with Crippen molar-refractivity contribution in [3.05, 3.63) is 96.3 Å². The summed E-state index contributed by atoms with van der Waals surface area (Å²) in [4.78, 5) is 19.7. The van der Waals surface area contributed by atoms with Crippen molar-refractivity contribution in [1.82, 2.24) is 4.98 Å². The first-order valence-electron chi connectivity index (χ1n) is 9.57. The van der Waals surface area contributed by atoms with Crippen molar-refractivity contribution in [2.45, 2.75) is 6.42 Å². The van der Waals surface area contributed by atoms with Gasteiger partial charge in [0.25, 0.3) is 5.91 Å². The van der Waals surface area contributed by atoms with Crippen molar-refractivity contribution >= 4 is 22.5 Å². The van der Waals surface area contributed by atoms with Crippen molar-refractivity contribution in [3.63, 3.8) is 0 Å². The molecule has 0 aliphatic rings. The van der Waals surface area contributed by atoms with Crippen LogP contribution in [0.15, 0.2) is 84.9 Å². The van der Waals surface area contributed by atoms with Gasteiger partial charge >= 0.3 is 0 Å². The van der Waals surface area contributed by atoms with E-state index in [2.05, 4.69) is 0 Å². The van der Waals surface area contributed by atoms with Gasteiger partial charge in [-0.05, 0) is 24.3 Å². The monoisotopic (exact) mass is 395 g/mol. The summed E-state index contributed by atoms with van der Waals surface area (Å²) in [5.41, 5.74) is 2.79. The summed E-state index contributed by atoms with van der Waals surface area (Å²) in [5, 5.41) is 9.74. The number of nitriles is 1. The summed E-state index contributed by atoms with van der Waals surface area (Å²) in [7, 11) is 0. The lowest BCUT2D eigenvalue weighted by Gasteiger charge is -2.23. The lowest BCUT2D eigenvalue weighted by atomic mass is 10.0. The second-order valence-electron chi connectivity index (χ2n) is 6.75. The molecule has 0 aliphatic heterocycles. The number of hydrogen-bond donors (Lipinski definition) is 0. The van der Waals surface area contributed by atoms with E-state index in [-0.39, 0.29) is 24.6 Å². The lowest BCUT2D eigenvalue weighted by Crippen LogP contribution is -2.32. The highest BCUT2D eigenvalue weighted by molar-refractivity contribution is 6.14. The number of carbonyl (C=O) groups is 1. The van der Waals surface area contributed by atoms with Crippen LogP contribution in [0.2, 0.25) is 0 Å². The van der Waals surface area contributed by atoms with E-state index in [0.29, 0.717) is 22.2 Å². The van der Waals surface area contributed by atoms with Gasteiger partial charge in [-0.2, -0.15) is 5.26 Å². The Kier molecular flexibility index (Phi) is 5.49. The Morgan fingerprint density at radius 1 is 0.967 bits per heavy atom. The zero-order valence-corrected chi connectivity index (χ0v) is 16.1. The predicted octanol–water partition coefficient (Wildman–Crippen LogP) is 5.60. The molecule has 0 fully saturated rings. The number of hydrogen-bond acceptors (Lipinski definition) is 3. The number of halogens is 1. The highest BCUT2D eigenvalue weighted by atomic mass is 19.1.